The van der Waals surface area contributed by atoms with Gasteiger partial charge in [-0.15, -0.1) is 0 Å². The number of hydrogen-bond donors (Lipinski definition) is 1. The van der Waals surface area contributed by atoms with Crippen molar-refractivity contribution in [2.24, 2.45) is 5.92 Å². The molecule has 0 unspecified atom stereocenters. The number of rotatable bonds is 5. The van der Waals surface area contributed by atoms with Crippen LogP contribution in [-0.2, 0) is 28.9 Å². The zero-order chi connectivity index (χ0) is 19.5. The van der Waals surface area contributed by atoms with Crippen LogP contribution in [0.25, 0.3) is 0 Å². The molecule has 2 heterocycles. The van der Waals surface area contributed by atoms with E-state index in [1.165, 1.54) is 24.1 Å². The Labute approximate surface area is 165 Å². The molecular formula is C22H26N4O2. The minimum Gasteiger partial charge on any atom is -0.355 e. The van der Waals surface area contributed by atoms with E-state index in [4.69, 9.17) is 4.98 Å². The van der Waals surface area contributed by atoms with E-state index in [1.807, 2.05) is 37.3 Å². The number of para-hydroxylation sites is 1. The van der Waals surface area contributed by atoms with Crippen LogP contribution >= 0.6 is 0 Å². The van der Waals surface area contributed by atoms with Crippen molar-refractivity contribution in [3.05, 3.63) is 53.1 Å². The third kappa shape index (κ3) is 3.77. The Hall–Kier alpha value is -2.76. The topological polar surface area (TPSA) is 75.2 Å². The maximum Gasteiger partial charge on any atom is 0.239 e. The molecule has 1 aliphatic heterocycles. The molecule has 0 bridgehead atoms. The summed E-state index contributed by atoms with van der Waals surface area (Å²) in [5, 5.41) is 2.91. The number of carbonyl (C=O) groups excluding carboxylic acids is 2. The highest BCUT2D eigenvalue weighted by Gasteiger charge is 2.37. The monoisotopic (exact) mass is 378 g/mol. The van der Waals surface area contributed by atoms with Gasteiger partial charge >= 0.3 is 0 Å². The Kier molecular flexibility index (Phi) is 5.37. The molecule has 146 valence electrons. The van der Waals surface area contributed by atoms with Crippen LogP contribution in [0.2, 0.25) is 0 Å². The van der Waals surface area contributed by atoms with Gasteiger partial charge in [-0.2, -0.15) is 0 Å². The summed E-state index contributed by atoms with van der Waals surface area (Å²) < 4.78 is 0. The van der Waals surface area contributed by atoms with E-state index in [1.54, 1.807) is 4.90 Å². The molecule has 1 fully saturated rings. The first-order chi connectivity index (χ1) is 13.6. The van der Waals surface area contributed by atoms with E-state index in [0.29, 0.717) is 25.9 Å². The normalized spacial score (nSPS) is 18.8. The molecule has 0 saturated carbocycles. The number of benzene rings is 1. The molecule has 2 aromatic rings. The van der Waals surface area contributed by atoms with Crippen LogP contribution in [0.5, 0.6) is 0 Å². The fraction of sp³-hybridized carbons (Fsp3) is 0.455. The average molecular weight is 378 g/mol. The molecule has 0 spiro atoms. The van der Waals surface area contributed by atoms with Crippen LogP contribution in [0, 0.1) is 12.8 Å². The minimum absolute atomic E-state index is 0.121. The molecule has 1 aliphatic carbocycles. The van der Waals surface area contributed by atoms with Gasteiger partial charge in [0, 0.05) is 36.6 Å². The summed E-state index contributed by atoms with van der Waals surface area (Å²) in [6, 6.07) is 9.51. The second-order valence-electron chi connectivity index (χ2n) is 7.57. The van der Waals surface area contributed by atoms with Crippen molar-refractivity contribution in [3.63, 3.8) is 0 Å². The summed E-state index contributed by atoms with van der Waals surface area (Å²) in [5.74, 6) is -0.142. The van der Waals surface area contributed by atoms with Gasteiger partial charge in [-0.3, -0.25) is 9.59 Å². The zero-order valence-electron chi connectivity index (χ0n) is 16.3. The van der Waals surface area contributed by atoms with Crippen molar-refractivity contribution in [2.75, 3.05) is 18.0 Å². The number of nitrogens with one attached hydrogen (secondary N) is 1. The van der Waals surface area contributed by atoms with Gasteiger partial charge in [-0.25, -0.2) is 9.97 Å². The fourth-order valence-electron chi connectivity index (χ4n) is 4.16. The Balaban J connectivity index is 1.33. The molecular weight excluding hydrogens is 352 g/mol. The van der Waals surface area contributed by atoms with Crippen LogP contribution in [0.1, 0.15) is 42.0 Å². The Morgan fingerprint density at radius 3 is 2.79 bits per heavy atom. The summed E-state index contributed by atoms with van der Waals surface area (Å²) in [4.78, 5) is 36.2. The van der Waals surface area contributed by atoms with Gasteiger partial charge in [-0.05, 0) is 56.7 Å². The summed E-state index contributed by atoms with van der Waals surface area (Å²) in [6.07, 6.45) is 5.62. The van der Waals surface area contributed by atoms with Crippen LogP contribution in [0.4, 0.5) is 5.69 Å². The van der Waals surface area contributed by atoms with Gasteiger partial charge in [0.25, 0.3) is 0 Å². The van der Waals surface area contributed by atoms with E-state index in [9.17, 15) is 9.59 Å². The van der Waals surface area contributed by atoms with Crippen molar-refractivity contribution < 1.29 is 9.59 Å². The molecule has 2 aliphatic rings. The number of amides is 2. The van der Waals surface area contributed by atoms with Crippen molar-refractivity contribution in [1.29, 1.82) is 0 Å². The average Bonchev–Trinajstić information content (AvgIpc) is 3.10. The standard InChI is InChI=1S/C22H26N4O2/c1-15-17-9-5-6-10-19(17)25-20(24-15)11-13-23-21(27)18-12-14-26(22(18)28)16-7-3-2-4-8-16/h2-4,7-8,18H,5-6,9-14H2,1H3,(H,23,27)/t18-/m0/s1. The highest BCUT2D eigenvalue weighted by atomic mass is 16.2. The SMILES string of the molecule is Cc1nc(CCNC(=O)[C@@H]2CCN(c3ccccc3)C2=O)nc2c1CCCC2. The van der Waals surface area contributed by atoms with Crippen molar-refractivity contribution in [1.82, 2.24) is 15.3 Å². The lowest BCUT2D eigenvalue weighted by atomic mass is 9.95. The molecule has 28 heavy (non-hydrogen) atoms. The molecule has 1 N–H and O–H groups in total. The molecule has 1 atom stereocenters. The van der Waals surface area contributed by atoms with Crippen molar-refractivity contribution >= 4 is 17.5 Å². The van der Waals surface area contributed by atoms with Crippen molar-refractivity contribution in [3.8, 4) is 0 Å². The molecule has 1 aromatic heterocycles. The van der Waals surface area contributed by atoms with Crippen LogP contribution in [0.15, 0.2) is 30.3 Å². The van der Waals surface area contributed by atoms with E-state index >= 15 is 0 Å². The fourth-order valence-corrected chi connectivity index (χ4v) is 4.16. The molecule has 0 radical (unpaired) electrons. The molecule has 2 amide bonds. The maximum absolute atomic E-state index is 12.6. The van der Waals surface area contributed by atoms with Gasteiger partial charge in [0.2, 0.25) is 11.8 Å². The Bertz CT molecular complexity index is 882. The lowest BCUT2D eigenvalue weighted by Gasteiger charge is -2.18. The first-order valence-corrected chi connectivity index (χ1v) is 10.1. The van der Waals surface area contributed by atoms with E-state index in [0.717, 1.165) is 30.0 Å². The summed E-state index contributed by atoms with van der Waals surface area (Å²) in [7, 11) is 0. The Morgan fingerprint density at radius 2 is 1.96 bits per heavy atom. The number of aryl methyl sites for hydroxylation is 2. The van der Waals surface area contributed by atoms with Crippen molar-refractivity contribution in [2.45, 2.75) is 45.4 Å². The van der Waals surface area contributed by atoms with Gasteiger partial charge in [0.15, 0.2) is 0 Å². The third-order valence-electron chi connectivity index (χ3n) is 5.67. The predicted molar refractivity (Wildman–Crippen MR) is 107 cm³/mol. The number of fused-ring (bicyclic) bond motifs is 1. The number of nitrogens with zero attached hydrogens (tertiary/aromatic N) is 3. The molecule has 6 nitrogen and oxygen atoms in total. The number of carbonyl (C=O) groups is 2. The molecule has 1 saturated heterocycles. The van der Waals surface area contributed by atoms with Gasteiger partial charge < -0.3 is 10.2 Å². The predicted octanol–water partition coefficient (Wildman–Crippen LogP) is 2.38. The summed E-state index contributed by atoms with van der Waals surface area (Å²) >= 11 is 0. The van der Waals surface area contributed by atoms with Crippen LogP contribution in [0.3, 0.4) is 0 Å². The summed E-state index contributed by atoms with van der Waals surface area (Å²) in [5.41, 5.74) is 4.39. The number of aromatic nitrogens is 2. The number of anilines is 1. The first-order valence-electron chi connectivity index (χ1n) is 10.1. The summed E-state index contributed by atoms with van der Waals surface area (Å²) in [6.45, 7) is 3.07. The second-order valence-corrected chi connectivity index (χ2v) is 7.57. The van der Waals surface area contributed by atoms with Crippen LogP contribution < -0.4 is 10.2 Å². The quantitative estimate of drug-likeness (QED) is 0.811. The zero-order valence-corrected chi connectivity index (χ0v) is 16.3. The number of hydrogen-bond acceptors (Lipinski definition) is 4. The smallest absolute Gasteiger partial charge is 0.239 e. The molecule has 1 aromatic carbocycles. The lowest BCUT2D eigenvalue weighted by molar-refractivity contribution is -0.132. The largest absolute Gasteiger partial charge is 0.355 e. The van der Waals surface area contributed by atoms with Gasteiger partial charge in [0.05, 0.1) is 0 Å². The highest BCUT2D eigenvalue weighted by molar-refractivity contribution is 6.09. The second kappa shape index (κ2) is 8.09. The van der Waals surface area contributed by atoms with E-state index < -0.39 is 5.92 Å². The maximum atomic E-state index is 12.6. The van der Waals surface area contributed by atoms with E-state index in [-0.39, 0.29) is 11.8 Å². The first kappa shape index (κ1) is 18.6. The van der Waals surface area contributed by atoms with E-state index in [2.05, 4.69) is 10.3 Å². The lowest BCUT2D eigenvalue weighted by Crippen LogP contribution is -2.37. The molecule has 4 rings (SSSR count). The molecule has 6 heteroatoms. The minimum atomic E-state index is -0.605. The third-order valence-corrected chi connectivity index (χ3v) is 5.67. The Morgan fingerprint density at radius 1 is 1.18 bits per heavy atom. The van der Waals surface area contributed by atoms with Gasteiger partial charge in [-0.1, -0.05) is 18.2 Å². The van der Waals surface area contributed by atoms with Crippen LogP contribution in [-0.4, -0.2) is 34.9 Å². The van der Waals surface area contributed by atoms with Gasteiger partial charge in [0.1, 0.15) is 11.7 Å². The highest BCUT2D eigenvalue weighted by Crippen LogP contribution is 2.25.